The molecule has 5 atom stereocenters. The molecule has 2 aliphatic rings. The first kappa shape index (κ1) is 37.3. The molecular formula is C35H53BN2O8. The summed E-state index contributed by atoms with van der Waals surface area (Å²) in [6.07, 6.45) is 18.8. The SMILES string of the molecule is CCCCB1O[C@H]2C[C@@H](O1)[C@H](/C=C/C(CCc1ccccc1)OC(=O)CCCCCO[N+](=O)[O-])[C@H]2C/C=C\CCCC(=O)NCC. The zero-order valence-electron chi connectivity index (χ0n) is 27.7. The number of carbonyl (C=O) groups excluding carboxylic acids is 2. The molecule has 0 radical (unpaired) electrons. The van der Waals surface area contributed by atoms with Crippen molar-refractivity contribution < 1.29 is 33.6 Å². The van der Waals surface area contributed by atoms with Gasteiger partial charge in [-0.2, -0.15) is 0 Å². The highest BCUT2D eigenvalue weighted by Gasteiger charge is 2.49. The van der Waals surface area contributed by atoms with E-state index in [1.807, 2.05) is 31.2 Å². The molecule has 11 heteroatoms. The predicted octanol–water partition coefficient (Wildman–Crippen LogP) is 6.82. The molecule has 3 rings (SSSR count). The Hall–Kier alpha value is -3.18. The molecule has 0 aromatic heterocycles. The molecule has 2 fully saturated rings. The number of nitrogens with one attached hydrogen (secondary N) is 1. The minimum absolute atomic E-state index is 0.0333. The molecule has 1 heterocycles. The Morgan fingerprint density at radius 3 is 2.63 bits per heavy atom. The number of allylic oxidation sites excluding steroid dienone is 2. The molecule has 1 aliphatic heterocycles. The van der Waals surface area contributed by atoms with Crippen molar-refractivity contribution in [2.45, 2.75) is 122 Å². The lowest BCUT2D eigenvalue weighted by molar-refractivity contribution is -0.757. The number of hydrogen-bond acceptors (Lipinski definition) is 8. The first-order valence-electron chi connectivity index (χ1n) is 17.3. The summed E-state index contributed by atoms with van der Waals surface area (Å²) in [5.41, 5.74) is 1.19. The van der Waals surface area contributed by atoms with E-state index in [9.17, 15) is 19.7 Å². The summed E-state index contributed by atoms with van der Waals surface area (Å²) in [5.74, 6) is 0.212. The topological polar surface area (TPSA) is 126 Å². The van der Waals surface area contributed by atoms with E-state index in [0.29, 0.717) is 38.6 Å². The first-order valence-corrected chi connectivity index (χ1v) is 17.3. The molecule has 1 saturated carbocycles. The highest BCUT2D eigenvalue weighted by atomic mass is 16.9. The fourth-order valence-electron chi connectivity index (χ4n) is 6.24. The van der Waals surface area contributed by atoms with Crippen LogP contribution in [-0.2, 0) is 34.9 Å². The Kier molecular flexibility index (Phi) is 17.5. The third-order valence-corrected chi connectivity index (χ3v) is 8.65. The van der Waals surface area contributed by atoms with Gasteiger partial charge in [0.1, 0.15) is 6.10 Å². The van der Waals surface area contributed by atoms with Crippen LogP contribution in [0.3, 0.4) is 0 Å². The van der Waals surface area contributed by atoms with Crippen molar-refractivity contribution in [2.24, 2.45) is 11.8 Å². The van der Waals surface area contributed by atoms with Gasteiger partial charge in [-0.25, -0.2) is 0 Å². The van der Waals surface area contributed by atoms with E-state index in [1.54, 1.807) is 0 Å². The van der Waals surface area contributed by atoms with Crippen LogP contribution < -0.4 is 5.32 Å². The number of rotatable bonds is 23. The summed E-state index contributed by atoms with van der Waals surface area (Å²) < 4.78 is 18.9. The molecule has 10 nitrogen and oxygen atoms in total. The molecule has 1 N–H and O–H groups in total. The second kappa shape index (κ2) is 21.6. The number of esters is 1. The van der Waals surface area contributed by atoms with Crippen LogP contribution in [-0.4, -0.2) is 55.5 Å². The summed E-state index contributed by atoms with van der Waals surface area (Å²) in [5, 5.41) is 12.4. The zero-order valence-corrected chi connectivity index (χ0v) is 27.7. The average molecular weight is 641 g/mol. The molecule has 1 saturated heterocycles. The summed E-state index contributed by atoms with van der Waals surface area (Å²) in [6, 6.07) is 10.2. The Morgan fingerprint density at radius 2 is 1.87 bits per heavy atom. The molecular weight excluding hydrogens is 587 g/mol. The van der Waals surface area contributed by atoms with E-state index in [0.717, 1.165) is 51.3 Å². The molecule has 1 aromatic carbocycles. The van der Waals surface area contributed by atoms with Gasteiger partial charge >= 0.3 is 13.1 Å². The quantitative estimate of drug-likeness (QED) is 0.0345. The maximum atomic E-state index is 12.8. The number of ether oxygens (including phenoxy) is 1. The normalized spacial score (nSPS) is 21.5. The van der Waals surface area contributed by atoms with Gasteiger partial charge in [-0.05, 0) is 82.2 Å². The fraction of sp³-hybridized carbons (Fsp3) is 0.657. The van der Waals surface area contributed by atoms with Gasteiger partial charge in [0.2, 0.25) is 5.91 Å². The molecule has 0 spiro atoms. The molecule has 46 heavy (non-hydrogen) atoms. The molecule has 2 bridgehead atoms. The number of nitrogens with zero attached hydrogens (tertiary/aromatic N) is 1. The lowest BCUT2D eigenvalue weighted by Crippen LogP contribution is -2.37. The third kappa shape index (κ3) is 14.1. The fourth-order valence-corrected chi connectivity index (χ4v) is 6.24. The van der Waals surface area contributed by atoms with E-state index < -0.39 is 5.09 Å². The zero-order chi connectivity index (χ0) is 33.0. The van der Waals surface area contributed by atoms with Crippen LogP contribution in [0.1, 0.15) is 96.5 Å². The van der Waals surface area contributed by atoms with Gasteiger partial charge in [0.15, 0.2) is 0 Å². The largest absolute Gasteiger partial charge is 0.458 e. The van der Waals surface area contributed by atoms with Gasteiger partial charge in [0.05, 0.1) is 12.7 Å². The Balaban J connectivity index is 1.64. The minimum atomic E-state index is -0.795. The van der Waals surface area contributed by atoms with Crippen LogP contribution in [0.5, 0.6) is 0 Å². The van der Waals surface area contributed by atoms with Crippen molar-refractivity contribution in [3.8, 4) is 0 Å². The first-order chi connectivity index (χ1) is 22.4. The number of benzene rings is 1. The Labute approximate surface area is 274 Å². The summed E-state index contributed by atoms with van der Waals surface area (Å²) in [7, 11) is -0.187. The number of unbranched alkanes of at least 4 members (excludes halogenated alkanes) is 4. The van der Waals surface area contributed by atoms with Gasteiger partial charge in [-0.1, -0.05) is 74.7 Å². The standard InChI is InChI=1S/C35H53BN2O8/c1-3-5-25-36-45-32-27-33(46-36)31(30(32)18-12-6-7-13-19-34(39)37-4-2)24-23-29(22-21-28-16-10-8-11-17-28)44-35(40)20-14-9-15-26-43-38(41)42/h6,8,10-12,16-17,23-24,29-33H,3-5,7,9,13-15,18-22,25-27H2,1-2H3,(H,37,39)/b12-6-,24-23+/t29?,30-,31-,32+,33-/m1/s1. The van der Waals surface area contributed by atoms with Gasteiger partial charge in [-0.3, -0.25) is 9.59 Å². The molecule has 1 amide bonds. The Morgan fingerprint density at radius 1 is 1.07 bits per heavy atom. The van der Waals surface area contributed by atoms with Crippen molar-refractivity contribution in [3.63, 3.8) is 0 Å². The molecule has 1 aliphatic carbocycles. The lowest BCUT2D eigenvalue weighted by atomic mass is 9.80. The number of aryl methyl sites for hydroxylation is 1. The number of amides is 1. The minimum Gasteiger partial charge on any atom is -0.458 e. The van der Waals surface area contributed by atoms with Gasteiger partial charge < -0.3 is 24.2 Å². The van der Waals surface area contributed by atoms with Crippen molar-refractivity contribution in [3.05, 3.63) is 70.3 Å². The van der Waals surface area contributed by atoms with Crippen molar-refractivity contribution in [1.29, 1.82) is 0 Å². The smallest absolute Gasteiger partial charge is 0.457 e. The summed E-state index contributed by atoms with van der Waals surface area (Å²) in [4.78, 5) is 39.3. The average Bonchev–Trinajstić information content (AvgIpc) is 3.28. The molecule has 1 aromatic rings. The Bertz CT molecular complexity index is 1100. The van der Waals surface area contributed by atoms with Gasteiger partial charge in [0.25, 0.3) is 5.09 Å². The highest BCUT2D eigenvalue weighted by Crippen LogP contribution is 2.44. The van der Waals surface area contributed by atoms with E-state index in [2.05, 4.69) is 47.4 Å². The van der Waals surface area contributed by atoms with E-state index in [1.165, 1.54) is 5.56 Å². The van der Waals surface area contributed by atoms with Crippen LogP contribution >= 0.6 is 0 Å². The lowest BCUT2D eigenvalue weighted by Gasteiger charge is -2.27. The predicted molar refractivity (Wildman–Crippen MR) is 178 cm³/mol. The van der Waals surface area contributed by atoms with Crippen molar-refractivity contribution in [1.82, 2.24) is 5.32 Å². The second-order valence-corrected chi connectivity index (χ2v) is 12.3. The maximum Gasteiger partial charge on any atom is 0.457 e. The van der Waals surface area contributed by atoms with Crippen LogP contribution in [0.15, 0.2) is 54.6 Å². The summed E-state index contributed by atoms with van der Waals surface area (Å²) in [6.45, 7) is 4.79. The highest BCUT2D eigenvalue weighted by molar-refractivity contribution is 6.44. The second-order valence-electron chi connectivity index (χ2n) is 12.3. The number of carbonyl (C=O) groups is 2. The van der Waals surface area contributed by atoms with Crippen molar-refractivity contribution >= 4 is 19.0 Å². The van der Waals surface area contributed by atoms with Crippen LogP contribution in [0.2, 0.25) is 6.32 Å². The molecule has 254 valence electrons. The summed E-state index contributed by atoms with van der Waals surface area (Å²) >= 11 is 0. The number of fused-ring (bicyclic) bond motifs is 2. The van der Waals surface area contributed by atoms with E-state index in [4.69, 9.17) is 14.0 Å². The van der Waals surface area contributed by atoms with Gasteiger partial charge in [0, 0.05) is 31.4 Å². The maximum absolute atomic E-state index is 12.8. The monoisotopic (exact) mass is 640 g/mol. The van der Waals surface area contributed by atoms with E-state index in [-0.39, 0.29) is 62.2 Å². The van der Waals surface area contributed by atoms with Crippen LogP contribution in [0.4, 0.5) is 0 Å². The van der Waals surface area contributed by atoms with Crippen molar-refractivity contribution in [2.75, 3.05) is 13.2 Å². The van der Waals surface area contributed by atoms with E-state index >= 15 is 0 Å². The van der Waals surface area contributed by atoms with Crippen LogP contribution in [0.25, 0.3) is 0 Å². The van der Waals surface area contributed by atoms with Crippen LogP contribution in [0, 0.1) is 22.0 Å². The third-order valence-electron chi connectivity index (χ3n) is 8.65. The molecule has 1 unspecified atom stereocenters. The number of hydrogen-bond donors (Lipinski definition) is 1. The van der Waals surface area contributed by atoms with Gasteiger partial charge in [-0.15, -0.1) is 10.1 Å².